The molecular weight excluding hydrogens is 292 g/mol. The van der Waals surface area contributed by atoms with Gasteiger partial charge < -0.3 is 10.4 Å². The summed E-state index contributed by atoms with van der Waals surface area (Å²) < 4.78 is 27.2. The number of halogens is 3. The van der Waals surface area contributed by atoms with E-state index in [1.165, 1.54) is 12.1 Å². The predicted molar refractivity (Wildman–Crippen MR) is 66.6 cm³/mol. The monoisotopic (exact) mass is 307 g/mol. The van der Waals surface area contributed by atoms with E-state index in [2.05, 4.69) is 21.2 Å². The standard InChI is InChI=1S/C12H16BrF2NO/c1-8(4-5-17)6-16-7-9-11(14)3-2-10(13)12(9)15/h2-3,8,16-17H,4-7H2,1H3. The number of rotatable bonds is 6. The number of hydrogen-bond donors (Lipinski definition) is 2. The summed E-state index contributed by atoms with van der Waals surface area (Å²) in [6.45, 7) is 2.86. The molecule has 0 spiro atoms. The zero-order valence-corrected chi connectivity index (χ0v) is 11.2. The average Bonchev–Trinajstić information content (AvgIpc) is 2.29. The van der Waals surface area contributed by atoms with Gasteiger partial charge in [-0.25, -0.2) is 8.78 Å². The molecule has 0 saturated carbocycles. The molecular formula is C12H16BrF2NO. The lowest BCUT2D eigenvalue weighted by molar-refractivity contribution is 0.260. The summed E-state index contributed by atoms with van der Waals surface area (Å²) in [5.74, 6) is -0.835. The minimum Gasteiger partial charge on any atom is -0.396 e. The quantitative estimate of drug-likeness (QED) is 0.792. The molecule has 0 aliphatic heterocycles. The summed E-state index contributed by atoms with van der Waals surface area (Å²) in [6.07, 6.45) is 0.677. The van der Waals surface area contributed by atoms with E-state index in [0.29, 0.717) is 13.0 Å². The minimum absolute atomic E-state index is 0.0376. The van der Waals surface area contributed by atoms with E-state index >= 15 is 0 Å². The molecule has 1 aromatic carbocycles. The first-order valence-corrected chi connectivity index (χ1v) is 6.29. The summed E-state index contributed by atoms with van der Waals surface area (Å²) in [5, 5.41) is 11.7. The summed E-state index contributed by atoms with van der Waals surface area (Å²) in [4.78, 5) is 0. The molecule has 0 amide bonds. The molecule has 2 N–H and O–H groups in total. The summed E-state index contributed by atoms with van der Waals surface area (Å²) >= 11 is 3.02. The molecule has 0 aliphatic rings. The Morgan fingerprint density at radius 2 is 2.12 bits per heavy atom. The van der Waals surface area contributed by atoms with Crippen LogP contribution in [0.4, 0.5) is 8.78 Å². The molecule has 0 aliphatic carbocycles. The van der Waals surface area contributed by atoms with Gasteiger partial charge in [0.15, 0.2) is 0 Å². The highest BCUT2D eigenvalue weighted by Gasteiger charge is 2.12. The van der Waals surface area contributed by atoms with Crippen LogP contribution < -0.4 is 5.32 Å². The van der Waals surface area contributed by atoms with Crippen LogP contribution in [-0.2, 0) is 6.54 Å². The highest BCUT2D eigenvalue weighted by molar-refractivity contribution is 9.10. The van der Waals surface area contributed by atoms with Crippen LogP contribution in [0.15, 0.2) is 16.6 Å². The second-order valence-corrected chi connectivity index (χ2v) is 4.92. The predicted octanol–water partition coefficient (Wildman–Crippen LogP) is 2.84. The molecule has 0 heterocycles. The van der Waals surface area contributed by atoms with E-state index in [9.17, 15) is 8.78 Å². The van der Waals surface area contributed by atoms with E-state index < -0.39 is 11.6 Å². The molecule has 0 radical (unpaired) electrons. The average molecular weight is 308 g/mol. The molecule has 0 bridgehead atoms. The molecule has 0 fully saturated rings. The Balaban J connectivity index is 2.55. The first-order valence-electron chi connectivity index (χ1n) is 5.50. The van der Waals surface area contributed by atoms with Gasteiger partial charge in [0, 0.05) is 18.7 Å². The molecule has 0 aromatic heterocycles. The van der Waals surface area contributed by atoms with Crippen LogP contribution in [0.25, 0.3) is 0 Å². The Kier molecular flexibility index (Phi) is 6.02. The van der Waals surface area contributed by atoms with Crippen molar-refractivity contribution in [2.45, 2.75) is 19.9 Å². The van der Waals surface area contributed by atoms with Crippen LogP contribution in [0.3, 0.4) is 0 Å². The Hall–Kier alpha value is -0.520. The Morgan fingerprint density at radius 3 is 2.76 bits per heavy atom. The van der Waals surface area contributed by atoms with Crippen LogP contribution in [0, 0.1) is 17.6 Å². The van der Waals surface area contributed by atoms with Gasteiger partial charge in [0.05, 0.1) is 4.47 Å². The molecule has 17 heavy (non-hydrogen) atoms. The van der Waals surface area contributed by atoms with Crippen molar-refractivity contribution >= 4 is 15.9 Å². The second-order valence-electron chi connectivity index (χ2n) is 4.07. The van der Waals surface area contributed by atoms with Crippen molar-refractivity contribution in [1.82, 2.24) is 5.32 Å². The normalized spacial score (nSPS) is 12.8. The van der Waals surface area contributed by atoms with Crippen molar-refractivity contribution < 1.29 is 13.9 Å². The maximum atomic E-state index is 13.6. The molecule has 5 heteroatoms. The van der Waals surface area contributed by atoms with E-state index in [-0.39, 0.29) is 29.1 Å². The molecule has 0 saturated heterocycles. The number of aliphatic hydroxyl groups is 1. The Morgan fingerprint density at radius 1 is 1.41 bits per heavy atom. The fraction of sp³-hybridized carbons (Fsp3) is 0.500. The lowest BCUT2D eigenvalue weighted by Gasteiger charge is -2.12. The first-order chi connectivity index (χ1) is 8.06. The minimum atomic E-state index is -0.563. The van der Waals surface area contributed by atoms with E-state index in [4.69, 9.17) is 5.11 Å². The van der Waals surface area contributed by atoms with Crippen molar-refractivity contribution in [2.75, 3.05) is 13.2 Å². The number of hydrogen-bond acceptors (Lipinski definition) is 2. The fourth-order valence-corrected chi connectivity index (χ4v) is 1.87. The van der Waals surface area contributed by atoms with Crippen molar-refractivity contribution in [3.63, 3.8) is 0 Å². The van der Waals surface area contributed by atoms with Crippen molar-refractivity contribution in [2.24, 2.45) is 5.92 Å². The lowest BCUT2D eigenvalue weighted by Crippen LogP contribution is -2.22. The number of aliphatic hydroxyl groups excluding tert-OH is 1. The van der Waals surface area contributed by atoms with Crippen molar-refractivity contribution in [3.8, 4) is 0 Å². The third-order valence-corrected chi connectivity index (χ3v) is 3.17. The fourth-order valence-electron chi connectivity index (χ4n) is 1.50. The largest absolute Gasteiger partial charge is 0.396 e. The Bertz CT molecular complexity index is 374. The van der Waals surface area contributed by atoms with Crippen molar-refractivity contribution in [3.05, 3.63) is 33.8 Å². The molecule has 1 unspecified atom stereocenters. The second kappa shape index (κ2) is 7.03. The molecule has 1 aromatic rings. The van der Waals surface area contributed by atoms with E-state index in [0.717, 1.165) is 0 Å². The van der Waals surface area contributed by atoms with Crippen LogP contribution in [-0.4, -0.2) is 18.3 Å². The van der Waals surface area contributed by atoms with Crippen LogP contribution in [0.5, 0.6) is 0 Å². The lowest BCUT2D eigenvalue weighted by atomic mass is 10.1. The Labute approximate surface area is 108 Å². The highest BCUT2D eigenvalue weighted by Crippen LogP contribution is 2.21. The van der Waals surface area contributed by atoms with E-state index in [1.54, 1.807) is 0 Å². The molecule has 1 atom stereocenters. The molecule has 96 valence electrons. The smallest absolute Gasteiger partial charge is 0.144 e. The maximum Gasteiger partial charge on any atom is 0.144 e. The van der Waals surface area contributed by atoms with E-state index in [1.807, 2.05) is 6.92 Å². The number of nitrogens with one attached hydrogen (secondary N) is 1. The topological polar surface area (TPSA) is 32.3 Å². The first kappa shape index (κ1) is 14.5. The summed E-state index contributed by atoms with van der Waals surface area (Å²) in [5.41, 5.74) is 0.0376. The SMILES string of the molecule is CC(CCO)CNCc1c(F)ccc(Br)c1F. The highest BCUT2D eigenvalue weighted by atomic mass is 79.9. The van der Waals surface area contributed by atoms with Gasteiger partial charge >= 0.3 is 0 Å². The zero-order chi connectivity index (χ0) is 12.8. The van der Waals surface area contributed by atoms with Gasteiger partial charge in [-0.3, -0.25) is 0 Å². The van der Waals surface area contributed by atoms with Gasteiger partial charge in [0.25, 0.3) is 0 Å². The summed E-state index contributed by atoms with van der Waals surface area (Å²) in [6, 6.07) is 2.59. The van der Waals surface area contributed by atoms with Crippen LogP contribution in [0.2, 0.25) is 0 Å². The van der Waals surface area contributed by atoms with Gasteiger partial charge in [0.1, 0.15) is 11.6 Å². The zero-order valence-electron chi connectivity index (χ0n) is 9.64. The van der Waals surface area contributed by atoms with Gasteiger partial charge in [-0.1, -0.05) is 6.92 Å². The van der Waals surface area contributed by atoms with Crippen LogP contribution in [0.1, 0.15) is 18.9 Å². The molecule has 2 nitrogen and oxygen atoms in total. The van der Waals surface area contributed by atoms with Gasteiger partial charge in [0.2, 0.25) is 0 Å². The van der Waals surface area contributed by atoms with Gasteiger partial charge in [-0.15, -0.1) is 0 Å². The summed E-state index contributed by atoms with van der Waals surface area (Å²) in [7, 11) is 0. The van der Waals surface area contributed by atoms with Gasteiger partial charge in [-0.05, 0) is 46.9 Å². The third-order valence-electron chi connectivity index (χ3n) is 2.56. The molecule has 1 rings (SSSR count). The maximum absolute atomic E-state index is 13.6. The van der Waals surface area contributed by atoms with Crippen LogP contribution >= 0.6 is 15.9 Å². The van der Waals surface area contributed by atoms with Gasteiger partial charge in [-0.2, -0.15) is 0 Å². The van der Waals surface area contributed by atoms with Crippen molar-refractivity contribution in [1.29, 1.82) is 0 Å². The number of benzene rings is 1. The third kappa shape index (κ3) is 4.33.